The summed E-state index contributed by atoms with van der Waals surface area (Å²) in [7, 11) is 0. The van der Waals surface area contributed by atoms with Gasteiger partial charge in [0, 0.05) is 25.4 Å². The average molecular weight is 473 g/mol. The highest BCUT2D eigenvalue weighted by atomic mass is 16.5. The van der Waals surface area contributed by atoms with Gasteiger partial charge < -0.3 is 20.5 Å². The number of carbonyl (C=O) groups excluding carboxylic acids is 2. The SMILES string of the molecule is O=C(O)CCC(=O)NCc1ccc(CCNC(=O)OCC2c3ccccc3-c3ccccc32)cc1. The normalized spacial score (nSPS) is 11.9. The first kappa shape index (κ1) is 24.0. The van der Waals surface area contributed by atoms with E-state index in [1.807, 2.05) is 48.5 Å². The van der Waals surface area contributed by atoms with Crippen molar-refractivity contribution in [2.75, 3.05) is 13.2 Å². The lowest BCUT2D eigenvalue weighted by molar-refractivity contribution is -0.138. The van der Waals surface area contributed by atoms with E-state index in [0.29, 0.717) is 19.5 Å². The molecule has 0 bridgehead atoms. The van der Waals surface area contributed by atoms with E-state index in [9.17, 15) is 14.4 Å². The zero-order chi connectivity index (χ0) is 24.6. The van der Waals surface area contributed by atoms with Crippen LogP contribution in [0.2, 0.25) is 0 Å². The molecule has 0 fully saturated rings. The smallest absolute Gasteiger partial charge is 0.407 e. The van der Waals surface area contributed by atoms with Crippen molar-refractivity contribution in [3.8, 4) is 11.1 Å². The summed E-state index contributed by atoms with van der Waals surface area (Å²) in [5.41, 5.74) is 6.71. The zero-order valence-corrected chi connectivity index (χ0v) is 19.3. The van der Waals surface area contributed by atoms with E-state index in [2.05, 4.69) is 34.9 Å². The van der Waals surface area contributed by atoms with Gasteiger partial charge in [0.05, 0.1) is 6.42 Å². The Morgan fingerprint density at radius 1 is 0.771 bits per heavy atom. The first-order chi connectivity index (χ1) is 17.0. The molecule has 1 aliphatic rings. The van der Waals surface area contributed by atoms with Crippen LogP contribution in [0.1, 0.15) is 41.0 Å². The second kappa shape index (κ2) is 11.3. The standard InChI is InChI=1S/C28H28N2O5/c31-26(13-14-27(32)33)30-17-20-11-9-19(10-12-20)15-16-29-28(34)35-18-25-23-7-3-1-5-21(23)22-6-2-4-8-24(22)25/h1-12,25H,13-18H2,(H,29,34)(H,30,31)(H,32,33). The van der Waals surface area contributed by atoms with Gasteiger partial charge in [0.2, 0.25) is 5.91 Å². The Bertz CT molecular complexity index is 1160. The first-order valence-corrected chi connectivity index (χ1v) is 11.7. The number of carboxylic acid groups (broad SMARTS) is 1. The Hall–Kier alpha value is -4.13. The molecule has 7 heteroatoms. The van der Waals surface area contributed by atoms with Gasteiger partial charge >= 0.3 is 12.1 Å². The molecule has 0 aromatic heterocycles. The Morgan fingerprint density at radius 3 is 2.00 bits per heavy atom. The minimum absolute atomic E-state index is 0.0327. The van der Waals surface area contributed by atoms with Crippen LogP contribution in [0.25, 0.3) is 11.1 Å². The molecule has 0 unspecified atom stereocenters. The maximum atomic E-state index is 12.3. The molecule has 2 amide bonds. The molecule has 7 nitrogen and oxygen atoms in total. The Kier molecular flexibility index (Phi) is 7.77. The number of nitrogens with one attached hydrogen (secondary N) is 2. The fourth-order valence-electron chi connectivity index (χ4n) is 4.29. The summed E-state index contributed by atoms with van der Waals surface area (Å²) in [6.45, 7) is 1.07. The number of carbonyl (C=O) groups is 3. The van der Waals surface area contributed by atoms with E-state index >= 15 is 0 Å². The summed E-state index contributed by atoms with van der Waals surface area (Å²) >= 11 is 0. The first-order valence-electron chi connectivity index (χ1n) is 11.7. The van der Waals surface area contributed by atoms with Crippen LogP contribution in [0.5, 0.6) is 0 Å². The van der Waals surface area contributed by atoms with Crippen molar-refractivity contribution in [2.24, 2.45) is 0 Å². The molecule has 35 heavy (non-hydrogen) atoms. The van der Waals surface area contributed by atoms with E-state index in [0.717, 1.165) is 11.1 Å². The molecule has 3 N–H and O–H groups in total. The predicted molar refractivity (Wildman–Crippen MR) is 132 cm³/mol. The third-order valence-electron chi connectivity index (χ3n) is 6.11. The average Bonchev–Trinajstić information content (AvgIpc) is 3.19. The van der Waals surface area contributed by atoms with Crippen molar-refractivity contribution in [3.63, 3.8) is 0 Å². The molecule has 0 saturated heterocycles. The van der Waals surface area contributed by atoms with E-state index < -0.39 is 12.1 Å². The highest BCUT2D eigenvalue weighted by molar-refractivity contribution is 5.80. The largest absolute Gasteiger partial charge is 0.481 e. The molecule has 0 saturated carbocycles. The van der Waals surface area contributed by atoms with E-state index in [4.69, 9.17) is 9.84 Å². The predicted octanol–water partition coefficient (Wildman–Crippen LogP) is 4.25. The molecule has 0 atom stereocenters. The lowest BCUT2D eigenvalue weighted by Crippen LogP contribution is -2.28. The van der Waals surface area contributed by atoms with Crippen LogP contribution < -0.4 is 10.6 Å². The maximum absolute atomic E-state index is 12.3. The van der Waals surface area contributed by atoms with Crippen molar-refractivity contribution in [3.05, 3.63) is 95.1 Å². The molecule has 0 aliphatic heterocycles. The van der Waals surface area contributed by atoms with Gasteiger partial charge in [0.25, 0.3) is 0 Å². The molecular formula is C28H28N2O5. The van der Waals surface area contributed by atoms with Crippen LogP contribution in [0.15, 0.2) is 72.8 Å². The number of hydrogen-bond donors (Lipinski definition) is 3. The number of fused-ring (bicyclic) bond motifs is 3. The van der Waals surface area contributed by atoms with Crippen LogP contribution in [0, 0.1) is 0 Å². The molecule has 0 heterocycles. The Labute approximate surface area is 204 Å². The second-order valence-electron chi connectivity index (χ2n) is 8.49. The van der Waals surface area contributed by atoms with Gasteiger partial charge in [-0.15, -0.1) is 0 Å². The minimum atomic E-state index is -0.990. The van der Waals surface area contributed by atoms with E-state index in [1.165, 1.54) is 22.3 Å². The number of ether oxygens (including phenoxy) is 1. The van der Waals surface area contributed by atoms with Crippen LogP contribution >= 0.6 is 0 Å². The van der Waals surface area contributed by atoms with Gasteiger partial charge in [0.1, 0.15) is 6.61 Å². The molecule has 180 valence electrons. The van der Waals surface area contributed by atoms with Crippen LogP contribution in [-0.2, 0) is 27.3 Å². The van der Waals surface area contributed by atoms with Crippen LogP contribution in [-0.4, -0.2) is 36.2 Å². The van der Waals surface area contributed by atoms with Gasteiger partial charge in [0.15, 0.2) is 0 Å². The van der Waals surface area contributed by atoms with Crippen molar-refractivity contribution < 1.29 is 24.2 Å². The molecule has 1 aliphatic carbocycles. The van der Waals surface area contributed by atoms with E-state index in [1.54, 1.807) is 0 Å². The Balaban J connectivity index is 1.20. The number of carboxylic acids is 1. The fraction of sp³-hybridized carbons (Fsp3) is 0.250. The molecular weight excluding hydrogens is 444 g/mol. The number of alkyl carbamates (subject to hydrolysis) is 1. The van der Waals surface area contributed by atoms with Crippen molar-refractivity contribution in [2.45, 2.75) is 31.7 Å². The highest BCUT2D eigenvalue weighted by Gasteiger charge is 2.28. The summed E-state index contributed by atoms with van der Waals surface area (Å²) in [6.07, 6.45) is -0.00109. The lowest BCUT2D eigenvalue weighted by Gasteiger charge is -2.14. The minimum Gasteiger partial charge on any atom is -0.481 e. The number of rotatable bonds is 10. The highest BCUT2D eigenvalue weighted by Crippen LogP contribution is 2.44. The third-order valence-corrected chi connectivity index (χ3v) is 6.11. The topological polar surface area (TPSA) is 105 Å². The molecule has 3 aromatic rings. The van der Waals surface area contributed by atoms with Crippen LogP contribution in [0.3, 0.4) is 0 Å². The summed E-state index contributed by atoms with van der Waals surface area (Å²) in [4.78, 5) is 34.4. The summed E-state index contributed by atoms with van der Waals surface area (Å²) in [5, 5.41) is 14.1. The van der Waals surface area contributed by atoms with Crippen molar-refractivity contribution in [1.82, 2.24) is 10.6 Å². The Morgan fingerprint density at radius 2 is 1.37 bits per heavy atom. The van der Waals surface area contributed by atoms with Crippen LogP contribution in [0.4, 0.5) is 4.79 Å². The quantitative estimate of drug-likeness (QED) is 0.409. The van der Waals surface area contributed by atoms with Gasteiger partial charge in [-0.25, -0.2) is 4.79 Å². The van der Waals surface area contributed by atoms with Gasteiger partial charge in [-0.2, -0.15) is 0 Å². The zero-order valence-electron chi connectivity index (χ0n) is 19.3. The molecule has 0 spiro atoms. The van der Waals surface area contributed by atoms with Crippen molar-refractivity contribution in [1.29, 1.82) is 0 Å². The molecule has 3 aromatic carbocycles. The van der Waals surface area contributed by atoms with Gasteiger partial charge in [-0.3, -0.25) is 9.59 Å². The monoisotopic (exact) mass is 472 g/mol. The number of hydrogen-bond acceptors (Lipinski definition) is 4. The number of amides is 2. The van der Waals surface area contributed by atoms with Gasteiger partial charge in [-0.1, -0.05) is 72.8 Å². The summed E-state index contributed by atoms with van der Waals surface area (Å²) in [6, 6.07) is 24.1. The summed E-state index contributed by atoms with van der Waals surface area (Å²) < 4.78 is 5.56. The maximum Gasteiger partial charge on any atom is 0.407 e. The third kappa shape index (κ3) is 6.26. The lowest BCUT2D eigenvalue weighted by atomic mass is 9.98. The second-order valence-corrected chi connectivity index (χ2v) is 8.49. The summed E-state index contributed by atoms with van der Waals surface area (Å²) in [5.74, 6) is -1.25. The molecule has 0 radical (unpaired) electrons. The van der Waals surface area contributed by atoms with Gasteiger partial charge in [-0.05, 0) is 39.8 Å². The molecule has 4 rings (SSSR count). The fourth-order valence-corrected chi connectivity index (χ4v) is 4.29. The number of benzene rings is 3. The van der Waals surface area contributed by atoms with E-state index in [-0.39, 0.29) is 31.3 Å². The number of aliphatic carboxylic acids is 1. The van der Waals surface area contributed by atoms with Crippen molar-refractivity contribution >= 4 is 18.0 Å².